The summed E-state index contributed by atoms with van der Waals surface area (Å²) in [7, 11) is 0. The average molecular weight is 379 g/mol. The van der Waals surface area contributed by atoms with Gasteiger partial charge in [-0.15, -0.1) is 0 Å². The fourth-order valence-corrected chi connectivity index (χ4v) is 3.71. The summed E-state index contributed by atoms with van der Waals surface area (Å²) in [5.74, 6) is 0. The highest BCUT2D eigenvalue weighted by molar-refractivity contribution is 14.1. The molecule has 1 aliphatic heterocycles. The van der Waals surface area contributed by atoms with Crippen LogP contribution in [0.15, 0.2) is 18.2 Å². The molecule has 1 heterocycles. The minimum Gasteiger partial charge on any atom is -0.369 e. The predicted molar refractivity (Wildman–Crippen MR) is 87.7 cm³/mol. The molecule has 1 aromatic carbocycles. The number of anilines is 1. The quantitative estimate of drug-likeness (QED) is 0.802. The summed E-state index contributed by atoms with van der Waals surface area (Å²) in [6.07, 6.45) is 3.70. The third-order valence-corrected chi connectivity index (χ3v) is 4.47. The molecule has 1 saturated heterocycles. The van der Waals surface area contributed by atoms with Gasteiger partial charge in [0.25, 0.3) is 0 Å². The summed E-state index contributed by atoms with van der Waals surface area (Å²) in [5.41, 5.74) is 1.32. The molecule has 0 spiro atoms. The Labute approximate surface area is 128 Å². The standard InChI is InChI=1S/C14H20ClIN2/c1-2-4-12-10-18(8-3-7-17-12)14-6-5-11(15)9-13(14)16/h5-6,9,12,17H,2-4,7-8,10H2,1H3. The van der Waals surface area contributed by atoms with Crippen LogP contribution in [0.4, 0.5) is 5.69 Å². The van der Waals surface area contributed by atoms with E-state index in [0.717, 1.165) is 24.7 Å². The molecule has 0 amide bonds. The molecule has 1 aromatic rings. The molecule has 0 aliphatic carbocycles. The van der Waals surface area contributed by atoms with E-state index >= 15 is 0 Å². The van der Waals surface area contributed by atoms with Crippen LogP contribution in [0.2, 0.25) is 5.02 Å². The van der Waals surface area contributed by atoms with Crippen molar-refractivity contribution in [2.24, 2.45) is 0 Å². The summed E-state index contributed by atoms with van der Waals surface area (Å²) < 4.78 is 1.25. The molecule has 100 valence electrons. The van der Waals surface area contributed by atoms with Gasteiger partial charge in [-0.25, -0.2) is 0 Å². The second-order valence-corrected chi connectivity index (χ2v) is 6.43. The smallest absolute Gasteiger partial charge is 0.0503 e. The zero-order valence-electron chi connectivity index (χ0n) is 10.8. The van der Waals surface area contributed by atoms with Gasteiger partial charge >= 0.3 is 0 Å². The lowest BCUT2D eigenvalue weighted by molar-refractivity contribution is 0.502. The van der Waals surface area contributed by atoms with Crippen molar-refractivity contribution in [3.8, 4) is 0 Å². The topological polar surface area (TPSA) is 15.3 Å². The molecule has 1 fully saturated rings. The minimum atomic E-state index is 0.615. The number of halogens is 2. The van der Waals surface area contributed by atoms with Crippen molar-refractivity contribution in [3.63, 3.8) is 0 Å². The Kier molecular flexibility index (Phi) is 5.57. The van der Waals surface area contributed by atoms with E-state index in [0.29, 0.717) is 6.04 Å². The third kappa shape index (κ3) is 3.75. The zero-order chi connectivity index (χ0) is 13.0. The molecule has 1 aliphatic rings. The number of hydrogen-bond donors (Lipinski definition) is 1. The molecule has 0 radical (unpaired) electrons. The Hall–Kier alpha value is -0.0000000000000000763. The van der Waals surface area contributed by atoms with Crippen LogP contribution in [-0.2, 0) is 0 Å². The number of hydrogen-bond acceptors (Lipinski definition) is 2. The molecule has 0 saturated carbocycles. The van der Waals surface area contributed by atoms with Gasteiger partial charge in [0.05, 0.1) is 5.69 Å². The Balaban J connectivity index is 2.14. The van der Waals surface area contributed by atoms with Gasteiger partial charge in [-0.05, 0) is 60.2 Å². The fourth-order valence-electron chi connectivity index (χ4n) is 2.50. The van der Waals surface area contributed by atoms with Crippen molar-refractivity contribution in [3.05, 3.63) is 26.8 Å². The highest BCUT2D eigenvalue weighted by Gasteiger charge is 2.18. The molecule has 0 bridgehead atoms. The number of benzene rings is 1. The SMILES string of the molecule is CCCC1CN(c2ccc(Cl)cc2I)CCCN1. The Morgan fingerprint density at radius 1 is 1.50 bits per heavy atom. The second-order valence-electron chi connectivity index (χ2n) is 4.84. The van der Waals surface area contributed by atoms with Crippen LogP contribution in [-0.4, -0.2) is 25.7 Å². The number of nitrogens with one attached hydrogen (secondary N) is 1. The van der Waals surface area contributed by atoms with Crippen molar-refractivity contribution in [2.75, 3.05) is 24.5 Å². The highest BCUT2D eigenvalue weighted by Crippen LogP contribution is 2.27. The maximum absolute atomic E-state index is 6.03. The second kappa shape index (κ2) is 6.96. The van der Waals surface area contributed by atoms with E-state index in [1.807, 2.05) is 12.1 Å². The Bertz CT molecular complexity index is 397. The van der Waals surface area contributed by atoms with E-state index in [9.17, 15) is 0 Å². The Morgan fingerprint density at radius 3 is 3.06 bits per heavy atom. The molecule has 2 nitrogen and oxygen atoms in total. The predicted octanol–water partition coefficient (Wildman–Crippen LogP) is 3.91. The fraction of sp³-hybridized carbons (Fsp3) is 0.571. The van der Waals surface area contributed by atoms with Crippen LogP contribution in [0.5, 0.6) is 0 Å². The molecule has 1 unspecified atom stereocenters. The van der Waals surface area contributed by atoms with E-state index in [-0.39, 0.29) is 0 Å². The van der Waals surface area contributed by atoms with Crippen LogP contribution in [0.3, 0.4) is 0 Å². The summed E-state index contributed by atoms with van der Waals surface area (Å²) in [4.78, 5) is 2.50. The first kappa shape index (κ1) is 14.4. The lowest BCUT2D eigenvalue weighted by Gasteiger charge is -2.27. The van der Waals surface area contributed by atoms with Gasteiger partial charge in [0, 0.05) is 27.7 Å². The van der Waals surface area contributed by atoms with Crippen molar-refractivity contribution in [2.45, 2.75) is 32.2 Å². The van der Waals surface area contributed by atoms with Crippen molar-refractivity contribution in [1.29, 1.82) is 0 Å². The summed E-state index contributed by atoms with van der Waals surface area (Å²) in [6.45, 7) is 5.62. The van der Waals surface area contributed by atoms with Gasteiger partial charge in [0.1, 0.15) is 0 Å². The number of rotatable bonds is 3. The normalized spacial score (nSPS) is 20.8. The van der Waals surface area contributed by atoms with Crippen molar-refractivity contribution >= 4 is 39.9 Å². The monoisotopic (exact) mass is 378 g/mol. The number of nitrogens with zero attached hydrogens (tertiary/aromatic N) is 1. The molecule has 18 heavy (non-hydrogen) atoms. The van der Waals surface area contributed by atoms with Gasteiger partial charge in [-0.3, -0.25) is 0 Å². The van der Waals surface area contributed by atoms with Gasteiger partial charge in [-0.2, -0.15) is 0 Å². The molecule has 4 heteroatoms. The first-order valence-electron chi connectivity index (χ1n) is 6.64. The molecule has 2 rings (SSSR count). The summed E-state index contributed by atoms with van der Waals surface area (Å²) in [6, 6.07) is 6.80. The molecular weight excluding hydrogens is 359 g/mol. The molecule has 0 aromatic heterocycles. The van der Waals surface area contributed by atoms with E-state index in [2.05, 4.69) is 45.8 Å². The maximum Gasteiger partial charge on any atom is 0.0503 e. The summed E-state index contributed by atoms with van der Waals surface area (Å²) in [5, 5.41) is 4.46. The lowest BCUT2D eigenvalue weighted by Crippen LogP contribution is -2.37. The lowest BCUT2D eigenvalue weighted by atomic mass is 10.1. The minimum absolute atomic E-state index is 0.615. The van der Waals surface area contributed by atoms with Gasteiger partial charge in [0.2, 0.25) is 0 Å². The van der Waals surface area contributed by atoms with E-state index in [1.165, 1.54) is 28.5 Å². The zero-order valence-corrected chi connectivity index (χ0v) is 13.7. The van der Waals surface area contributed by atoms with E-state index in [1.54, 1.807) is 0 Å². The van der Waals surface area contributed by atoms with Gasteiger partial charge in [0.15, 0.2) is 0 Å². The molecular formula is C14H20ClIN2. The largest absolute Gasteiger partial charge is 0.369 e. The van der Waals surface area contributed by atoms with Crippen molar-refractivity contribution < 1.29 is 0 Å². The van der Waals surface area contributed by atoms with Gasteiger partial charge < -0.3 is 10.2 Å². The molecule has 1 N–H and O–H groups in total. The van der Waals surface area contributed by atoms with Crippen LogP contribution in [0.1, 0.15) is 26.2 Å². The van der Waals surface area contributed by atoms with Crippen LogP contribution in [0.25, 0.3) is 0 Å². The van der Waals surface area contributed by atoms with Gasteiger partial charge in [-0.1, -0.05) is 24.9 Å². The maximum atomic E-state index is 6.03. The third-order valence-electron chi connectivity index (χ3n) is 3.37. The van der Waals surface area contributed by atoms with Crippen molar-refractivity contribution in [1.82, 2.24) is 5.32 Å². The average Bonchev–Trinajstić information content (AvgIpc) is 2.55. The molecule has 1 atom stereocenters. The van der Waals surface area contributed by atoms with E-state index in [4.69, 9.17) is 11.6 Å². The first-order chi connectivity index (χ1) is 8.70. The van der Waals surface area contributed by atoms with Crippen LogP contribution < -0.4 is 10.2 Å². The van der Waals surface area contributed by atoms with E-state index < -0.39 is 0 Å². The highest BCUT2D eigenvalue weighted by atomic mass is 127. The van der Waals surface area contributed by atoms with Crippen LogP contribution >= 0.6 is 34.2 Å². The first-order valence-corrected chi connectivity index (χ1v) is 8.09. The van der Waals surface area contributed by atoms with Crippen LogP contribution in [0, 0.1) is 3.57 Å². The Morgan fingerprint density at radius 2 is 2.33 bits per heavy atom. The summed E-state index contributed by atoms with van der Waals surface area (Å²) >= 11 is 8.41.